The summed E-state index contributed by atoms with van der Waals surface area (Å²) in [4.78, 5) is 22.5. The number of benzene rings is 1. The quantitative estimate of drug-likeness (QED) is 0.487. The Morgan fingerprint density at radius 1 is 1.10 bits per heavy atom. The summed E-state index contributed by atoms with van der Waals surface area (Å²) in [6.45, 7) is 2.73. The van der Waals surface area contributed by atoms with Crippen molar-refractivity contribution in [1.82, 2.24) is 0 Å². The fraction of sp³-hybridized carbons (Fsp3) is 0.500. The molecule has 0 aliphatic heterocycles. The smallest absolute Gasteiger partial charge is 0.306 e. The van der Waals surface area contributed by atoms with Crippen LogP contribution in [-0.4, -0.2) is 31.6 Å². The van der Waals surface area contributed by atoms with Gasteiger partial charge in [-0.15, -0.1) is 0 Å². The van der Waals surface area contributed by atoms with Gasteiger partial charge in [-0.1, -0.05) is 30.3 Å². The first kappa shape index (κ1) is 16.4. The van der Waals surface area contributed by atoms with Crippen molar-refractivity contribution in [1.29, 1.82) is 0 Å². The lowest BCUT2D eigenvalue weighted by atomic mass is 10.1. The highest BCUT2D eigenvalue weighted by Gasteiger charge is 2.07. The van der Waals surface area contributed by atoms with E-state index in [0.717, 1.165) is 12.8 Å². The van der Waals surface area contributed by atoms with Crippen LogP contribution in [0.4, 0.5) is 0 Å². The summed E-state index contributed by atoms with van der Waals surface area (Å²) >= 11 is 0. The van der Waals surface area contributed by atoms with Crippen molar-refractivity contribution in [2.24, 2.45) is 0 Å². The first-order chi connectivity index (χ1) is 9.72. The van der Waals surface area contributed by atoms with Crippen LogP contribution in [-0.2, 0) is 25.5 Å². The minimum Gasteiger partial charge on any atom is -0.466 e. The Kier molecular flexibility index (Phi) is 8.31. The number of aryl methyl sites for hydroxylation is 1. The number of rotatable bonds is 10. The summed E-state index contributed by atoms with van der Waals surface area (Å²) in [6, 6.07) is 10.2. The summed E-state index contributed by atoms with van der Waals surface area (Å²) in [6.07, 6.45) is 2.16. The van der Waals surface area contributed by atoms with Crippen molar-refractivity contribution in [3.8, 4) is 0 Å². The number of carbonyl (C=O) groups excluding carboxylic acids is 2. The third kappa shape index (κ3) is 7.69. The van der Waals surface area contributed by atoms with Crippen molar-refractivity contribution in [3.63, 3.8) is 0 Å². The van der Waals surface area contributed by atoms with E-state index < -0.39 is 0 Å². The maximum atomic E-state index is 11.5. The van der Waals surface area contributed by atoms with Crippen LogP contribution >= 0.6 is 0 Å². The SMILES string of the molecule is CCOC(=O)CCC(=O)COCCCc1ccccc1. The Hall–Kier alpha value is -1.68. The molecule has 0 heterocycles. The van der Waals surface area contributed by atoms with E-state index >= 15 is 0 Å². The molecule has 0 unspecified atom stereocenters. The van der Waals surface area contributed by atoms with Gasteiger partial charge in [0.05, 0.1) is 13.0 Å². The van der Waals surface area contributed by atoms with E-state index in [1.54, 1.807) is 6.92 Å². The lowest BCUT2D eigenvalue weighted by molar-refractivity contribution is -0.144. The molecule has 1 rings (SSSR count). The van der Waals surface area contributed by atoms with Gasteiger partial charge in [-0.3, -0.25) is 9.59 Å². The first-order valence-corrected chi connectivity index (χ1v) is 7.01. The molecule has 1 aromatic carbocycles. The van der Waals surface area contributed by atoms with E-state index in [4.69, 9.17) is 9.47 Å². The molecule has 0 fully saturated rings. The number of Topliss-reactive ketones (excluding diaryl/α,β-unsaturated/α-hetero) is 1. The average molecular weight is 278 g/mol. The Balaban J connectivity index is 2.00. The second-order valence-electron chi connectivity index (χ2n) is 4.49. The van der Waals surface area contributed by atoms with E-state index in [-0.39, 0.29) is 31.2 Å². The van der Waals surface area contributed by atoms with Gasteiger partial charge in [0, 0.05) is 13.0 Å². The van der Waals surface area contributed by atoms with Crippen LogP contribution in [0.2, 0.25) is 0 Å². The molecule has 0 amide bonds. The standard InChI is InChI=1S/C16H22O4/c1-2-20-16(18)11-10-15(17)13-19-12-6-9-14-7-4-3-5-8-14/h3-5,7-8H,2,6,9-13H2,1H3. The zero-order valence-corrected chi connectivity index (χ0v) is 12.0. The highest BCUT2D eigenvalue weighted by atomic mass is 16.5. The third-order valence-electron chi connectivity index (χ3n) is 2.77. The maximum absolute atomic E-state index is 11.5. The molecule has 0 N–H and O–H groups in total. The van der Waals surface area contributed by atoms with Crippen molar-refractivity contribution in [3.05, 3.63) is 35.9 Å². The van der Waals surface area contributed by atoms with Crippen molar-refractivity contribution < 1.29 is 19.1 Å². The van der Waals surface area contributed by atoms with Crippen LogP contribution in [0.25, 0.3) is 0 Å². The predicted molar refractivity (Wildman–Crippen MR) is 76.5 cm³/mol. The molecule has 4 nitrogen and oxygen atoms in total. The van der Waals surface area contributed by atoms with Crippen LogP contribution in [0.3, 0.4) is 0 Å². The van der Waals surface area contributed by atoms with E-state index in [0.29, 0.717) is 13.2 Å². The Morgan fingerprint density at radius 2 is 1.85 bits per heavy atom. The summed E-state index contributed by atoms with van der Waals surface area (Å²) in [7, 11) is 0. The van der Waals surface area contributed by atoms with E-state index in [1.165, 1.54) is 5.56 Å². The highest BCUT2D eigenvalue weighted by Crippen LogP contribution is 2.02. The molecule has 110 valence electrons. The molecule has 0 atom stereocenters. The normalized spacial score (nSPS) is 10.2. The molecule has 0 aromatic heterocycles. The van der Waals surface area contributed by atoms with Gasteiger partial charge >= 0.3 is 5.97 Å². The average Bonchev–Trinajstić information content (AvgIpc) is 2.46. The van der Waals surface area contributed by atoms with E-state index in [1.807, 2.05) is 18.2 Å². The monoisotopic (exact) mass is 278 g/mol. The summed E-state index contributed by atoms with van der Waals surface area (Å²) in [5.74, 6) is -0.386. The van der Waals surface area contributed by atoms with Crippen LogP contribution in [0, 0.1) is 0 Å². The molecule has 0 aliphatic carbocycles. The molecule has 0 radical (unpaired) electrons. The van der Waals surface area contributed by atoms with Gasteiger partial charge in [0.25, 0.3) is 0 Å². The lowest BCUT2D eigenvalue weighted by Crippen LogP contribution is -2.13. The van der Waals surface area contributed by atoms with Crippen LogP contribution < -0.4 is 0 Å². The minimum atomic E-state index is -0.329. The van der Waals surface area contributed by atoms with Gasteiger partial charge in [-0.05, 0) is 25.3 Å². The minimum absolute atomic E-state index is 0.0576. The number of hydrogen-bond donors (Lipinski definition) is 0. The van der Waals surface area contributed by atoms with E-state index in [9.17, 15) is 9.59 Å². The van der Waals surface area contributed by atoms with Crippen LogP contribution in [0.15, 0.2) is 30.3 Å². The highest BCUT2D eigenvalue weighted by molar-refractivity contribution is 5.83. The first-order valence-electron chi connectivity index (χ1n) is 7.01. The second kappa shape index (κ2) is 10.1. The van der Waals surface area contributed by atoms with Gasteiger partial charge in [0.15, 0.2) is 5.78 Å². The molecular formula is C16H22O4. The molecule has 0 spiro atoms. The number of carbonyl (C=O) groups is 2. The molecule has 1 aromatic rings. The second-order valence-corrected chi connectivity index (χ2v) is 4.49. The molecule has 0 bridgehead atoms. The van der Waals surface area contributed by atoms with Gasteiger partial charge in [0.1, 0.15) is 6.61 Å². The number of esters is 1. The third-order valence-corrected chi connectivity index (χ3v) is 2.77. The summed E-state index contributed by atoms with van der Waals surface area (Å²) in [5.41, 5.74) is 1.27. The van der Waals surface area contributed by atoms with Crippen molar-refractivity contribution in [2.45, 2.75) is 32.6 Å². The van der Waals surface area contributed by atoms with E-state index in [2.05, 4.69) is 12.1 Å². The predicted octanol–water partition coefficient (Wildman–Crippen LogP) is 2.55. The lowest BCUT2D eigenvalue weighted by Gasteiger charge is -2.04. The molecular weight excluding hydrogens is 256 g/mol. The largest absolute Gasteiger partial charge is 0.466 e. The Morgan fingerprint density at radius 3 is 2.55 bits per heavy atom. The number of hydrogen-bond acceptors (Lipinski definition) is 4. The topological polar surface area (TPSA) is 52.6 Å². The van der Waals surface area contributed by atoms with Gasteiger partial charge < -0.3 is 9.47 Å². The summed E-state index contributed by atoms with van der Waals surface area (Å²) in [5, 5.41) is 0. The fourth-order valence-electron chi connectivity index (χ4n) is 1.76. The summed E-state index contributed by atoms with van der Waals surface area (Å²) < 4.78 is 10.1. The van der Waals surface area contributed by atoms with Crippen LogP contribution in [0.1, 0.15) is 31.7 Å². The fourth-order valence-corrected chi connectivity index (χ4v) is 1.76. The molecule has 4 heteroatoms. The van der Waals surface area contributed by atoms with Crippen LogP contribution in [0.5, 0.6) is 0 Å². The number of ether oxygens (including phenoxy) is 2. The number of ketones is 1. The molecule has 20 heavy (non-hydrogen) atoms. The van der Waals surface area contributed by atoms with Gasteiger partial charge in [-0.25, -0.2) is 0 Å². The zero-order valence-electron chi connectivity index (χ0n) is 12.0. The molecule has 0 aliphatic rings. The van der Waals surface area contributed by atoms with Gasteiger partial charge in [-0.2, -0.15) is 0 Å². The maximum Gasteiger partial charge on any atom is 0.306 e. The Bertz CT molecular complexity index is 400. The van der Waals surface area contributed by atoms with Gasteiger partial charge in [0.2, 0.25) is 0 Å². The zero-order chi connectivity index (χ0) is 14.6. The van der Waals surface area contributed by atoms with Crippen molar-refractivity contribution in [2.75, 3.05) is 19.8 Å². The molecule has 0 saturated heterocycles. The Labute approximate surface area is 120 Å². The molecule has 0 saturated carbocycles. The van der Waals surface area contributed by atoms with Crippen molar-refractivity contribution >= 4 is 11.8 Å².